The number of carbonyl (C=O) groups excluding carboxylic acids is 2. The molecule has 8 nitrogen and oxygen atoms in total. The molecule has 1 amide bonds. The van der Waals surface area contributed by atoms with Crippen LogP contribution in [0.1, 0.15) is 0 Å². The smallest absolute Gasteiger partial charge is 0.337 e. The molecule has 2 N–H and O–H groups in total. The summed E-state index contributed by atoms with van der Waals surface area (Å²) in [5, 5.41) is 12.2. The largest absolute Gasteiger partial charge is 0.466 e. The minimum Gasteiger partial charge on any atom is -0.466 e. The summed E-state index contributed by atoms with van der Waals surface area (Å²) in [6.45, 7) is 0.00508. The molecule has 9 heteroatoms. The quantitative estimate of drug-likeness (QED) is 0.532. The van der Waals surface area contributed by atoms with Crippen LogP contribution in [-0.4, -0.2) is 53.7 Å². The molecule has 0 bridgehead atoms. The SMILES string of the molecule is COC(=O)C1=C(Nc2ccc3oc(-c4ccccc4Br)nc3c2)C(=O)N(CCO)C1. The van der Waals surface area contributed by atoms with E-state index in [0.29, 0.717) is 22.7 Å². The Morgan fingerprint density at radius 2 is 2.13 bits per heavy atom. The van der Waals surface area contributed by atoms with Crippen molar-refractivity contribution in [3.63, 3.8) is 0 Å². The molecule has 2 aromatic carbocycles. The van der Waals surface area contributed by atoms with Crippen LogP contribution in [0.4, 0.5) is 5.69 Å². The number of fused-ring (bicyclic) bond motifs is 1. The van der Waals surface area contributed by atoms with Gasteiger partial charge < -0.3 is 24.5 Å². The number of anilines is 1. The third kappa shape index (κ3) is 3.69. The zero-order chi connectivity index (χ0) is 21.3. The van der Waals surface area contributed by atoms with Crippen molar-refractivity contribution in [2.45, 2.75) is 0 Å². The fraction of sp³-hybridized carbons (Fsp3) is 0.190. The molecule has 154 valence electrons. The Labute approximate surface area is 180 Å². The fourth-order valence-corrected chi connectivity index (χ4v) is 3.70. The third-order valence-electron chi connectivity index (χ3n) is 4.71. The van der Waals surface area contributed by atoms with E-state index < -0.39 is 5.97 Å². The zero-order valence-corrected chi connectivity index (χ0v) is 17.6. The number of benzene rings is 2. The average Bonchev–Trinajstić information content (AvgIpc) is 3.30. The first-order valence-corrected chi connectivity index (χ1v) is 9.95. The molecule has 4 rings (SSSR count). The second kappa shape index (κ2) is 8.29. The number of methoxy groups -OCH3 is 1. The predicted molar refractivity (Wildman–Crippen MR) is 113 cm³/mol. The number of oxazole rings is 1. The molecule has 1 aliphatic rings. The number of nitrogens with zero attached hydrogens (tertiary/aromatic N) is 2. The standard InChI is InChI=1S/C21H18BrN3O5/c1-29-21(28)14-11-25(8-9-26)20(27)18(14)23-12-6-7-17-16(10-12)24-19(30-17)13-4-2-3-5-15(13)22/h2-7,10,23,26H,8-9,11H2,1H3. The molecular formula is C21H18BrN3O5. The van der Waals surface area contributed by atoms with Crippen molar-refractivity contribution in [1.29, 1.82) is 0 Å². The number of esters is 1. The van der Waals surface area contributed by atoms with Gasteiger partial charge in [0.15, 0.2) is 5.58 Å². The Morgan fingerprint density at radius 3 is 2.87 bits per heavy atom. The number of halogens is 1. The van der Waals surface area contributed by atoms with E-state index in [2.05, 4.69) is 26.2 Å². The van der Waals surface area contributed by atoms with Gasteiger partial charge in [-0.3, -0.25) is 4.79 Å². The molecule has 0 saturated heterocycles. The number of β-amino-alcohol motifs (C(OH)–C–C–N with tert-alkyl or cyclic N) is 1. The van der Waals surface area contributed by atoms with Gasteiger partial charge in [0, 0.05) is 16.7 Å². The van der Waals surface area contributed by atoms with Crippen molar-refractivity contribution >= 4 is 44.6 Å². The van der Waals surface area contributed by atoms with E-state index >= 15 is 0 Å². The van der Waals surface area contributed by atoms with E-state index in [0.717, 1.165) is 10.0 Å². The highest BCUT2D eigenvalue weighted by Crippen LogP contribution is 2.31. The first-order valence-electron chi connectivity index (χ1n) is 9.16. The Kier molecular flexibility index (Phi) is 5.56. The van der Waals surface area contributed by atoms with Crippen molar-refractivity contribution in [1.82, 2.24) is 9.88 Å². The molecule has 0 unspecified atom stereocenters. The second-order valence-electron chi connectivity index (χ2n) is 6.60. The number of carbonyl (C=O) groups is 2. The molecule has 0 atom stereocenters. The van der Waals surface area contributed by atoms with Gasteiger partial charge in [-0.2, -0.15) is 0 Å². The number of ether oxygens (including phenoxy) is 1. The highest BCUT2D eigenvalue weighted by Gasteiger charge is 2.34. The molecule has 30 heavy (non-hydrogen) atoms. The summed E-state index contributed by atoms with van der Waals surface area (Å²) in [5.74, 6) is -0.501. The number of amides is 1. The van der Waals surface area contributed by atoms with Crippen LogP contribution in [0.15, 0.2) is 62.6 Å². The van der Waals surface area contributed by atoms with Crippen molar-refractivity contribution in [3.8, 4) is 11.5 Å². The Hall–Kier alpha value is -3.17. The van der Waals surface area contributed by atoms with Crippen LogP contribution >= 0.6 is 15.9 Å². The van der Waals surface area contributed by atoms with Crippen molar-refractivity contribution in [3.05, 3.63) is 58.2 Å². The first kappa shape index (κ1) is 20.1. The lowest BCUT2D eigenvalue weighted by Crippen LogP contribution is -2.31. The summed E-state index contributed by atoms with van der Waals surface area (Å²) in [4.78, 5) is 30.7. The summed E-state index contributed by atoms with van der Waals surface area (Å²) >= 11 is 3.49. The maximum atomic E-state index is 12.7. The van der Waals surface area contributed by atoms with E-state index in [1.165, 1.54) is 12.0 Å². The minimum atomic E-state index is -0.593. The van der Waals surface area contributed by atoms with E-state index in [9.17, 15) is 9.59 Å². The molecule has 3 aromatic rings. The molecule has 2 heterocycles. The summed E-state index contributed by atoms with van der Waals surface area (Å²) in [6.07, 6.45) is 0. The van der Waals surface area contributed by atoms with Gasteiger partial charge in [-0.1, -0.05) is 12.1 Å². The number of aliphatic hydroxyl groups excluding tert-OH is 1. The molecule has 0 aliphatic carbocycles. The van der Waals surface area contributed by atoms with Crippen LogP contribution in [0, 0.1) is 0 Å². The van der Waals surface area contributed by atoms with E-state index in [1.807, 2.05) is 24.3 Å². The number of aromatic nitrogens is 1. The lowest BCUT2D eigenvalue weighted by Gasteiger charge is -2.14. The van der Waals surface area contributed by atoms with Crippen LogP contribution in [0.5, 0.6) is 0 Å². The van der Waals surface area contributed by atoms with Gasteiger partial charge in [-0.15, -0.1) is 0 Å². The molecule has 0 saturated carbocycles. The van der Waals surface area contributed by atoms with Crippen LogP contribution in [0.2, 0.25) is 0 Å². The Bertz CT molecular complexity index is 1170. The van der Waals surface area contributed by atoms with Crippen LogP contribution in [0.25, 0.3) is 22.6 Å². The number of hydrogen-bond donors (Lipinski definition) is 2. The minimum absolute atomic E-state index is 0.0762. The zero-order valence-electron chi connectivity index (χ0n) is 16.0. The topological polar surface area (TPSA) is 105 Å². The van der Waals surface area contributed by atoms with Gasteiger partial charge in [0.2, 0.25) is 5.89 Å². The van der Waals surface area contributed by atoms with Crippen molar-refractivity contribution < 1.29 is 23.8 Å². The van der Waals surface area contributed by atoms with Gasteiger partial charge in [0.05, 0.1) is 31.4 Å². The van der Waals surface area contributed by atoms with Crippen LogP contribution in [0.3, 0.4) is 0 Å². The van der Waals surface area contributed by atoms with Gasteiger partial charge in [0.1, 0.15) is 11.2 Å². The number of aliphatic hydroxyl groups is 1. The van der Waals surface area contributed by atoms with Gasteiger partial charge >= 0.3 is 5.97 Å². The Morgan fingerprint density at radius 1 is 1.33 bits per heavy atom. The predicted octanol–water partition coefficient (Wildman–Crippen LogP) is 2.93. The van der Waals surface area contributed by atoms with Crippen LogP contribution < -0.4 is 5.32 Å². The summed E-state index contributed by atoms with van der Waals surface area (Å²) in [7, 11) is 1.26. The van der Waals surface area contributed by atoms with Gasteiger partial charge in [0.25, 0.3) is 5.91 Å². The highest BCUT2D eigenvalue weighted by molar-refractivity contribution is 9.10. The monoisotopic (exact) mass is 471 g/mol. The first-order chi connectivity index (χ1) is 14.5. The fourth-order valence-electron chi connectivity index (χ4n) is 3.25. The van der Waals surface area contributed by atoms with Crippen molar-refractivity contribution in [2.75, 3.05) is 32.1 Å². The lowest BCUT2D eigenvalue weighted by molar-refractivity contribution is -0.136. The van der Waals surface area contributed by atoms with Gasteiger partial charge in [-0.25, -0.2) is 9.78 Å². The van der Waals surface area contributed by atoms with E-state index in [1.54, 1.807) is 18.2 Å². The Balaban J connectivity index is 1.67. The molecular weight excluding hydrogens is 454 g/mol. The maximum absolute atomic E-state index is 12.7. The summed E-state index contributed by atoms with van der Waals surface area (Å²) in [5.41, 5.74) is 2.93. The lowest BCUT2D eigenvalue weighted by atomic mass is 10.2. The number of hydrogen-bond acceptors (Lipinski definition) is 7. The number of rotatable bonds is 6. The normalized spacial score (nSPS) is 14.0. The molecule has 1 aromatic heterocycles. The molecule has 0 fully saturated rings. The summed E-state index contributed by atoms with van der Waals surface area (Å²) < 4.78 is 11.5. The molecule has 0 radical (unpaired) electrons. The highest BCUT2D eigenvalue weighted by atomic mass is 79.9. The summed E-state index contributed by atoms with van der Waals surface area (Å²) in [6, 6.07) is 12.8. The third-order valence-corrected chi connectivity index (χ3v) is 5.41. The average molecular weight is 472 g/mol. The second-order valence-corrected chi connectivity index (χ2v) is 7.46. The number of nitrogens with one attached hydrogen (secondary N) is 1. The van der Waals surface area contributed by atoms with E-state index in [4.69, 9.17) is 14.3 Å². The van der Waals surface area contributed by atoms with Crippen LogP contribution in [-0.2, 0) is 14.3 Å². The van der Waals surface area contributed by atoms with Gasteiger partial charge in [-0.05, 0) is 46.3 Å². The maximum Gasteiger partial charge on any atom is 0.337 e. The molecule has 0 spiro atoms. The van der Waals surface area contributed by atoms with E-state index in [-0.39, 0.29) is 36.9 Å². The van der Waals surface area contributed by atoms with Crippen molar-refractivity contribution in [2.24, 2.45) is 0 Å². The molecule has 1 aliphatic heterocycles.